The summed E-state index contributed by atoms with van der Waals surface area (Å²) < 4.78 is 26.3. The zero-order chi connectivity index (χ0) is 10.7. The maximum Gasteiger partial charge on any atom is 0.149 e. The molecule has 1 aromatic rings. The number of benzene rings is 1. The number of anilines is 1. The Balaban J connectivity index is 3.13. The molecule has 0 aliphatic rings. The van der Waals surface area contributed by atoms with E-state index in [-0.39, 0.29) is 17.8 Å². The summed E-state index contributed by atoms with van der Waals surface area (Å²) in [5.74, 6) is -1.48. The molecule has 0 aliphatic carbocycles. The average Bonchev–Trinajstić information content (AvgIpc) is 2.16. The number of aliphatic hydroxyl groups is 1. The third kappa shape index (κ3) is 2.00. The van der Waals surface area contributed by atoms with Gasteiger partial charge >= 0.3 is 0 Å². The molecule has 1 atom stereocenters. The SMILES string of the molecule is CNc1c(F)cc(C(O)CN)cc1F. The Bertz CT molecular complexity index is 308. The fourth-order valence-corrected chi connectivity index (χ4v) is 1.16. The molecule has 1 aromatic carbocycles. The molecule has 0 aromatic heterocycles. The number of hydrogen-bond acceptors (Lipinski definition) is 3. The van der Waals surface area contributed by atoms with Gasteiger partial charge in [0.05, 0.1) is 6.10 Å². The molecule has 5 heteroatoms. The van der Waals surface area contributed by atoms with Crippen molar-refractivity contribution in [3.05, 3.63) is 29.3 Å². The fraction of sp³-hybridized carbons (Fsp3) is 0.333. The van der Waals surface area contributed by atoms with E-state index in [2.05, 4.69) is 5.32 Å². The predicted molar refractivity (Wildman–Crippen MR) is 49.9 cm³/mol. The minimum absolute atomic E-state index is 0.0716. The molecule has 78 valence electrons. The van der Waals surface area contributed by atoms with Gasteiger partial charge in [0.15, 0.2) is 0 Å². The first-order valence-electron chi connectivity index (χ1n) is 4.15. The summed E-state index contributed by atoms with van der Waals surface area (Å²) in [6.07, 6.45) is -1.04. The highest BCUT2D eigenvalue weighted by molar-refractivity contribution is 5.47. The van der Waals surface area contributed by atoms with Gasteiger partial charge in [0.2, 0.25) is 0 Å². The molecule has 0 radical (unpaired) electrons. The second-order valence-corrected chi connectivity index (χ2v) is 2.86. The number of aliphatic hydroxyl groups excluding tert-OH is 1. The number of nitrogens with one attached hydrogen (secondary N) is 1. The second-order valence-electron chi connectivity index (χ2n) is 2.86. The molecule has 3 nitrogen and oxygen atoms in total. The van der Waals surface area contributed by atoms with Crippen LogP contribution in [0, 0.1) is 11.6 Å². The zero-order valence-corrected chi connectivity index (χ0v) is 7.72. The first-order valence-corrected chi connectivity index (χ1v) is 4.15. The van der Waals surface area contributed by atoms with Gasteiger partial charge in [-0.2, -0.15) is 0 Å². The number of rotatable bonds is 3. The molecular weight excluding hydrogens is 190 g/mol. The van der Waals surface area contributed by atoms with Gasteiger partial charge in [-0.05, 0) is 17.7 Å². The topological polar surface area (TPSA) is 58.3 Å². The average molecular weight is 202 g/mol. The summed E-state index contributed by atoms with van der Waals surface area (Å²) in [6.45, 7) is -0.0716. The molecule has 0 bridgehead atoms. The van der Waals surface area contributed by atoms with Crippen LogP contribution in [-0.2, 0) is 0 Å². The van der Waals surface area contributed by atoms with E-state index in [1.165, 1.54) is 7.05 Å². The van der Waals surface area contributed by atoms with Crippen LogP contribution in [0.3, 0.4) is 0 Å². The number of nitrogens with two attached hydrogens (primary N) is 1. The van der Waals surface area contributed by atoms with Crippen LogP contribution < -0.4 is 11.1 Å². The zero-order valence-electron chi connectivity index (χ0n) is 7.72. The summed E-state index contributed by atoms with van der Waals surface area (Å²) in [4.78, 5) is 0. The molecule has 1 rings (SSSR count). The highest BCUT2D eigenvalue weighted by atomic mass is 19.1. The van der Waals surface area contributed by atoms with Crippen LogP contribution in [-0.4, -0.2) is 18.7 Å². The largest absolute Gasteiger partial charge is 0.387 e. The van der Waals surface area contributed by atoms with Crippen molar-refractivity contribution in [3.8, 4) is 0 Å². The molecule has 0 heterocycles. The molecular formula is C9H12F2N2O. The Hall–Kier alpha value is -1.20. The predicted octanol–water partition coefficient (Wildman–Crippen LogP) is 0.999. The molecule has 0 amide bonds. The Morgan fingerprint density at radius 3 is 2.29 bits per heavy atom. The van der Waals surface area contributed by atoms with Gasteiger partial charge in [-0.3, -0.25) is 0 Å². The van der Waals surface area contributed by atoms with E-state index in [4.69, 9.17) is 5.73 Å². The first-order chi connectivity index (χ1) is 6.60. The van der Waals surface area contributed by atoms with Crippen LogP contribution in [0.4, 0.5) is 14.5 Å². The number of halogens is 2. The van der Waals surface area contributed by atoms with Gasteiger partial charge in [-0.1, -0.05) is 0 Å². The fourth-order valence-electron chi connectivity index (χ4n) is 1.16. The summed E-state index contributed by atoms with van der Waals surface area (Å²) >= 11 is 0. The maximum atomic E-state index is 13.2. The highest BCUT2D eigenvalue weighted by Gasteiger charge is 2.13. The van der Waals surface area contributed by atoms with E-state index in [1.807, 2.05) is 0 Å². The lowest BCUT2D eigenvalue weighted by atomic mass is 10.1. The van der Waals surface area contributed by atoms with Crippen LogP contribution in [0.25, 0.3) is 0 Å². The van der Waals surface area contributed by atoms with E-state index >= 15 is 0 Å². The van der Waals surface area contributed by atoms with Gasteiger partial charge < -0.3 is 16.2 Å². The summed E-state index contributed by atoms with van der Waals surface area (Å²) in [5, 5.41) is 11.6. The first kappa shape index (κ1) is 10.9. The van der Waals surface area contributed by atoms with Crippen LogP contribution in [0.2, 0.25) is 0 Å². The minimum atomic E-state index is -1.04. The molecule has 4 N–H and O–H groups in total. The molecule has 14 heavy (non-hydrogen) atoms. The quantitative estimate of drug-likeness (QED) is 0.685. The maximum absolute atomic E-state index is 13.2. The summed E-state index contributed by atoms with van der Waals surface area (Å²) in [5.41, 5.74) is 5.09. The van der Waals surface area contributed by atoms with Crippen molar-refractivity contribution < 1.29 is 13.9 Å². The van der Waals surface area contributed by atoms with Crippen molar-refractivity contribution in [1.82, 2.24) is 0 Å². The van der Waals surface area contributed by atoms with Gasteiger partial charge in [0.25, 0.3) is 0 Å². The Kier molecular flexibility index (Phi) is 3.38. The van der Waals surface area contributed by atoms with Gasteiger partial charge in [-0.15, -0.1) is 0 Å². The third-order valence-electron chi connectivity index (χ3n) is 1.92. The van der Waals surface area contributed by atoms with Gasteiger partial charge in [0, 0.05) is 13.6 Å². The van der Waals surface area contributed by atoms with E-state index in [0.29, 0.717) is 0 Å². The van der Waals surface area contributed by atoms with Crippen molar-refractivity contribution in [3.63, 3.8) is 0 Å². The Morgan fingerprint density at radius 1 is 1.43 bits per heavy atom. The van der Waals surface area contributed by atoms with Crippen molar-refractivity contribution in [2.45, 2.75) is 6.10 Å². The standard InChI is InChI=1S/C9H12F2N2O/c1-13-9-6(10)2-5(3-7(9)11)8(14)4-12/h2-3,8,13-14H,4,12H2,1H3. The van der Waals surface area contributed by atoms with E-state index in [0.717, 1.165) is 12.1 Å². The summed E-state index contributed by atoms with van der Waals surface area (Å²) in [7, 11) is 1.42. The van der Waals surface area contributed by atoms with E-state index < -0.39 is 17.7 Å². The molecule has 0 spiro atoms. The van der Waals surface area contributed by atoms with Crippen molar-refractivity contribution in [2.75, 3.05) is 18.9 Å². The van der Waals surface area contributed by atoms with Crippen molar-refractivity contribution in [2.24, 2.45) is 5.73 Å². The Labute approximate surface area is 80.5 Å². The molecule has 0 saturated carbocycles. The lowest BCUT2D eigenvalue weighted by Crippen LogP contribution is -2.12. The van der Waals surface area contributed by atoms with Crippen molar-refractivity contribution in [1.29, 1.82) is 0 Å². The van der Waals surface area contributed by atoms with Crippen molar-refractivity contribution >= 4 is 5.69 Å². The second kappa shape index (κ2) is 4.34. The van der Waals surface area contributed by atoms with Crippen LogP contribution in [0.5, 0.6) is 0 Å². The number of hydrogen-bond donors (Lipinski definition) is 3. The monoisotopic (exact) mass is 202 g/mol. The van der Waals surface area contributed by atoms with E-state index in [9.17, 15) is 13.9 Å². The summed E-state index contributed by atoms with van der Waals surface area (Å²) in [6, 6.07) is 2.12. The smallest absolute Gasteiger partial charge is 0.149 e. The van der Waals surface area contributed by atoms with Crippen LogP contribution >= 0.6 is 0 Å². The van der Waals surface area contributed by atoms with E-state index in [1.54, 1.807) is 0 Å². The lowest BCUT2D eigenvalue weighted by molar-refractivity contribution is 0.186. The molecule has 0 fully saturated rings. The third-order valence-corrected chi connectivity index (χ3v) is 1.92. The van der Waals surface area contributed by atoms with Crippen LogP contribution in [0.1, 0.15) is 11.7 Å². The lowest BCUT2D eigenvalue weighted by Gasteiger charge is -2.11. The minimum Gasteiger partial charge on any atom is -0.387 e. The van der Waals surface area contributed by atoms with Gasteiger partial charge in [0.1, 0.15) is 17.3 Å². The highest BCUT2D eigenvalue weighted by Crippen LogP contribution is 2.23. The van der Waals surface area contributed by atoms with Crippen LogP contribution in [0.15, 0.2) is 12.1 Å². The Morgan fingerprint density at radius 2 is 1.93 bits per heavy atom. The van der Waals surface area contributed by atoms with Gasteiger partial charge in [-0.25, -0.2) is 8.78 Å². The normalized spacial score (nSPS) is 12.6. The molecule has 0 aliphatic heterocycles. The molecule has 0 saturated heterocycles. The molecule has 1 unspecified atom stereocenters.